The van der Waals surface area contributed by atoms with E-state index in [1.165, 1.54) is 6.26 Å². The van der Waals surface area contributed by atoms with Gasteiger partial charge < -0.3 is 9.95 Å². The number of aromatic nitrogens is 1. The van der Waals surface area contributed by atoms with Crippen molar-refractivity contribution in [1.82, 2.24) is 5.16 Å². The number of hydrogen-bond acceptors (Lipinski definition) is 4. The molecule has 0 saturated heterocycles. The molecular weight excluding hydrogens is 94.1 g/mol. The number of hydrogen-bond donors (Lipinski definition) is 2. The summed E-state index contributed by atoms with van der Waals surface area (Å²) >= 11 is 0. The van der Waals surface area contributed by atoms with Crippen LogP contribution in [0.4, 0.5) is 5.82 Å². The minimum Gasteiger partial charge on any atom is -0.363 e. The molecule has 1 aromatic heterocycles. The Labute approximate surface area is 40.3 Å². The first-order valence-corrected chi connectivity index (χ1v) is 1.80. The maximum Gasteiger partial charge on any atom is 0.183 e. The summed E-state index contributed by atoms with van der Waals surface area (Å²) in [6.45, 7) is 0. The summed E-state index contributed by atoms with van der Waals surface area (Å²) in [4.78, 5) is 0. The van der Waals surface area contributed by atoms with E-state index in [-0.39, 0.29) is 0 Å². The van der Waals surface area contributed by atoms with E-state index in [9.17, 15) is 0 Å². The molecule has 1 heterocycles. The van der Waals surface area contributed by atoms with Gasteiger partial charge in [-0.15, -0.1) is 0 Å². The molecule has 4 heteroatoms. The predicted octanol–water partition coefficient (Wildman–Crippen LogP) is -0.0398. The Morgan fingerprint density at radius 2 is 2.71 bits per heavy atom. The fourth-order valence-corrected chi connectivity index (χ4v) is 0.287. The zero-order chi connectivity index (χ0) is 5.11. The topological polar surface area (TPSA) is 64.1 Å². The van der Waals surface area contributed by atoms with Crippen LogP contribution < -0.4 is 11.3 Å². The van der Waals surface area contributed by atoms with Crippen molar-refractivity contribution in [2.75, 3.05) is 5.43 Å². The molecule has 0 amide bonds. The van der Waals surface area contributed by atoms with Gasteiger partial charge in [-0.1, -0.05) is 5.16 Å². The Kier molecular flexibility index (Phi) is 0.953. The fourth-order valence-electron chi connectivity index (χ4n) is 0.287. The van der Waals surface area contributed by atoms with E-state index in [2.05, 4.69) is 15.1 Å². The van der Waals surface area contributed by atoms with Crippen LogP contribution >= 0.6 is 0 Å². The summed E-state index contributed by atoms with van der Waals surface area (Å²) in [5, 5.41) is 3.42. The number of anilines is 1. The summed E-state index contributed by atoms with van der Waals surface area (Å²) in [6.07, 6.45) is 1.44. The van der Waals surface area contributed by atoms with Gasteiger partial charge >= 0.3 is 0 Å². The molecule has 0 bridgehead atoms. The summed E-state index contributed by atoms with van der Waals surface area (Å²) in [5.41, 5.74) is 2.30. The van der Waals surface area contributed by atoms with Crippen LogP contribution in [0.2, 0.25) is 0 Å². The Balaban J connectivity index is 2.76. The first-order chi connectivity index (χ1) is 3.43. The maximum atomic E-state index is 4.92. The molecule has 0 saturated carbocycles. The van der Waals surface area contributed by atoms with Crippen molar-refractivity contribution in [3.05, 3.63) is 12.3 Å². The molecule has 3 N–H and O–H groups in total. The number of rotatable bonds is 1. The third-order valence-corrected chi connectivity index (χ3v) is 0.586. The average molecular weight is 99.1 g/mol. The molecule has 0 atom stereocenters. The van der Waals surface area contributed by atoms with Gasteiger partial charge in [-0.05, 0) is 0 Å². The van der Waals surface area contributed by atoms with Crippen molar-refractivity contribution in [3.8, 4) is 0 Å². The molecule has 0 aliphatic heterocycles. The molecule has 38 valence electrons. The van der Waals surface area contributed by atoms with E-state index in [4.69, 9.17) is 5.84 Å². The lowest BCUT2D eigenvalue weighted by atomic mass is 10.7. The SMILES string of the molecule is NNc1ccon1. The van der Waals surface area contributed by atoms with E-state index in [1.54, 1.807) is 6.07 Å². The summed E-state index contributed by atoms with van der Waals surface area (Å²) in [7, 11) is 0. The Morgan fingerprint density at radius 3 is 3.00 bits per heavy atom. The Morgan fingerprint density at radius 1 is 1.86 bits per heavy atom. The predicted molar refractivity (Wildman–Crippen MR) is 24.3 cm³/mol. The normalized spacial score (nSPS) is 8.71. The smallest absolute Gasteiger partial charge is 0.183 e. The van der Waals surface area contributed by atoms with Gasteiger partial charge in [0.05, 0.1) is 0 Å². The highest BCUT2D eigenvalue weighted by molar-refractivity contribution is 5.27. The molecule has 1 rings (SSSR count). The second kappa shape index (κ2) is 1.61. The van der Waals surface area contributed by atoms with Crippen LogP contribution in [0.1, 0.15) is 0 Å². The van der Waals surface area contributed by atoms with Gasteiger partial charge in [0.1, 0.15) is 6.26 Å². The standard InChI is InChI=1S/C3H5N3O/c4-5-3-1-2-7-6-3/h1-2H,4H2,(H,5,6). The van der Waals surface area contributed by atoms with E-state index < -0.39 is 0 Å². The molecule has 7 heavy (non-hydrogen) atoms. The average Bonchev–Trinajstić information content (AvgIpc) is 2.14. The molecule has 0 unspecified atom stereocenters. The van der Waals surface area contributed by atoms with E-state index in [0.717, 1.165) is 0 Å². The zero-order valence-corrected chi connectivity index (χ0v) is 3.59. The fraction of sp³-hybridized carbons (Fsp3) is 0. The second-order valence-electron chi connectivity index (χ2n) is 1.03. The number of nitrogen functional groups attached to an aromatic ring is 1. The van der Waals surface area contributed by atoms with Crippen LogP contribution in [-0.4, -0.2) is 5.16 Å². The number of hydrazine groups is 1. The van der Waals surface area contributed by atoms with Gasteiger partial charge in [-0.25, -0.2) is 5.84 Å². The van der Waals surface area contributed by atoms with Crippen LogP contribution in [-0.2, 0) is 0 Å². The molecular formula is C3H5N3O. The Bertz CT molecular complexity index is 125. The summed E-state index contributed by atoms with van der Waals surface area (Å²) in [5.74, 6) is 5.46. The molecule has 0 aliphatic rings. The molecule has 0 aliphatic carbocycles. The van der Waals surface area contributed by atoms with Gasteiger partial charge in [0.15, 0.2) is 5.82 Å². The van der Waals surface area contributed by atoms with Crippen molar-refractivity contribution in [2.45, 2.75) is 0 Å². The highest BCUT2D eigenvalue weighted by Gasteiger charge is 1.84. The van der Waals surface area contributed by atoms with Gasteiger partial charge in [0, 0.05) is 6.07 Å². The maximum absolute atomic E-state index is 4.92. The van der Waals surface area contributed by atoms with Crippen LogP contribution in [0.5, 0.6) is 0 Å². The third-order valence-electron chi connectivity index (χ3n) is 0.586. The molecule has 1 aromatic rings. The van der Waals surface area contributed by atoms with Crippen molar-refractivity contribution in [3.63, 3.8) is 0 Å². The summed E-state index contributed by atoms with van der Waals surface area (Å²) < 4.78 is 4.41. The highest BCUT2D eigenvalue weighted by atomic mass is 16.5. The Hall–Kier alpha value is -1.03. The first-order valence-electron chi connectivity index (χ1n) is 1.80. The quantitative estimate of drug-likeness (QED) is 0.383. The van der Waals surface area contributed by atoms with Gasteiger partial charge in [0.2, 0.25) is 0 Å². The third kappa shape index (κ3) is 0.690. The van der Waals surface area contributed by atoms with Crippen molar-refractivity contribution >= 4 is 5.82 Å². The largest absolute Gasteiger partial charge is 0.363 e. The number of nitrogens with zero attached hydrogens (tertiary/aromatic N) is 1. The van der Waals surface area contributed by atoms with Gasteiger partial charge in [0.25, 0.3) is 0 Å². The van der Waals surface area contributed by atoms with Crippen LogP contribution in [0.3, 0.4) is 0 Å². The van der Waals surface area contributed by atoms with Crippen molar-refractivity contribution < 1.29 is 4.52 Å². The second-order valence-corrected chi connectivity index (χ2v) is 1.03. The molecule has 0 fully saturated rings. The minimum atomic E-state index is 0.542. The summed E-state index contributed by atoms with van der Waals surface area (Å²) in [6, 6.07) is 1.62. The lowest BCUT2D eigenvalue weighted by Crippen LogP contribution is -2.06. The van der Waals surface area contributed by atoms with Crippen LogP contribution in [0, 0.1) is 0 Å². The van der Waals surface area contributed by atoms with Crippen LogP contribution in [0.15, 0.2) is 16.9 Å². The van der Waals surface area contributed by atoms with E-state index >= 15 is 0 Å². The van der Waals surface area contributed by atoms with E-state index in [0.29, 0.717) is 5.82 Å². The van der Waals surface area contributed by atoms with E-state index in [1.807, 2.05) is 0 Å². The van der Waals surface area contributed by atoms with Gasteiger partial charge in [-0.2, -0.15) is 0 Å². The van der Waals surface area contributed by atoms with Crippen molar-refractivity contribution in [2.24, 2.45) is 5.84 Å². The zero-order valence-electron chi connectivity index (χ0n) is 3.59. The van der Waals surface area contributed by atoms with Crippen molar-refractivity contribution in [1.29, 1.82) is 0 Å². The molecule has 4 nitrogen and oxygen atoms in total. The lowest BCUT2D eigenvalue weighted by molar-refractivity contribution is 0.422. The highest BCUT2D eigenvalue weighted by Crippen LogP contribution is 1.95. The monoisotopic (exact) mass is 99.0 g/mol. The first kappa shape index (κ1) is 4.14. The minimum absolute atomic E-state index is 0.542. The lowest BCUT2D eigenvalue weighted by Gasteiger charge is -1.82. The molecule has 0 aromatic carbocycles. The molecule has 0 spiro atoms. The van der Waals surface area contributed by atoms with Crippen LogP contribution in [0.25, 0.3) is 0 Å². The number of nitrogens with one attached hydrogen (secondary N) is 1. The van der Waals surface area contributed by atoms with Gasteiger partial charge in [-0.3, -0.25) is 0 Å². The number of nitrogens with two attached hydrogens (primary N) is 1. The molecule has 0 radical (unpaired) electrons.